The van der Waals surface area contributed by atoms with Crippen molar-refractivity contribution in [3.63, 3.8) is 0 Å². The van der Waals surface area contributed by atoms with E-state index in [0.717, 1.165) is 35.7 Å². The second kappa shape index (κ2) is 4.99. The highest BCUT2D eigenvalue weighted by Gasteiger charge is 2.18. The summed E-state index contributed by atoms with van der Waals surface area (Å²) in [4.78, 5) is 4.54. The molecule has 0 saturated carbocycles. The molecule has 1 aliphatic heterocycles. The molecule has 0 radical (unpaired) electrons. The Bertz CT molecular complexity index is 598. The molecular weight excluding hydrogens is 238 g/mol. The summed E-state index contributed by atoms with van der Waals surface area (Å²) in [6.07, 6.45) is 0.960. The van der Waals surface area contributed by atoms with E-state index in [2.05, 4.69) is 16.5 Å². The van der Waals surface area contributed by atoms with E-state index >= 15 is 0 Å². The molecule has 0 saturated heterocycles. The number of nitrogens with one attached hydrogen (secondary N) is 1. The zero-order chi connectivity index (χ0) is 13.2. The summed E-state index contributed by atoms with van der Waals surface area (Å²) in [7, 11) is 0. The highest BCUT2D eigenvalue weighted by molar-refractivity contribution is 5.42. The van der Waals surface area contributed by atoms with E-state index in [0.29, 0.717) is 0 Å². The third-order valence-electron chi connectivity index (χ3n) is 3.42. The van der Waals surface area contributed by atoms with Crippen molar-refractivity contribution >= 4 is 0 Å². The van der Waals surface area contributed by atoms with Crippen LogP contribution in [0.4, 0.5) is 0 Å². The van der Waals surface area contributed by atoms with Gasteiger partial charge >= 0.3 is 0 Å². The lowest BCUT2D eigenvalue weighted by molar-refractivity contribution is 0.357. The number of nitrogens with two attached hydrogens (primary N) is 1. The fraction of sp³-hybridized carbons (Fsp3) is 0.267. The van der Waals surface area contributed by atoms with Crippen molar-refractivity contribution in [1.82, 2.24) is 10.4 Å². The third kappa shape index (κ3) is 2.32. The molecule has 4 nitrogen and oxygen atoms in total. The van der Waals surface area contributed by atoms with Gasteiger partial charge in [-0.25, -0.2) is 5.43 Å². The van der Waals surface area contributed by atoms with Gasteiger partial charge in [0, 0.05) is 12.1 Å². The maximum absolute atomic E-state index is 5.71. The van der Waals surface area contributed by atoms with Crippen molar-refractivity contribution in [3.05, 3.63) is 58.9 Å². The predicted octanol–water partition coefficient (Wildman–Crippen LogP) is 1.88. The van der Waals surface area contributed by atoms with E-state index in [9.17, 15) is 0 Å². The molecular formula is C15H17N3O. The first-order chi connectivity index (χ1) is 9.28. The summed E-state index contributed by atoms with van der Waals surface area (Å²) in [5.41, 5.74) is 7.13. The van der Waals surface area contributed by atoms with Crippen LogP contribution in [0.1, 0.15) is 28.6 Å². The molecule has 2 heterocycles. The summed E-state index contributed by atoms with van der Waals surface area (Å²) in [6.45, 7) is 2.75. The maximum atomic E-state index is 5.71. The van der Waals surface area contributed by atoms with Gasteiger partial charge in [-0.1, -0.05) is 12.1 Å². The number of benzene rings is 1. The number of aromatic nitrogens is 1. The van der Waals surface area contributed by atoms with Crippen molar-refractivity contribution in [2.45, 2.75) is 19.4 Å². The quantitative estimate of drug-likeness (QED) is 0.649. The van der Waals surface area contributed by atoms with E-state index in [1.54, 1.807) is 0 Å². The number of rotatable bonds is 3. The van der Waals surface area contributed by atoms with Gasteiger partial charge in [-0.2, -0.15) is 0 Å². The Morgan fingerprint density at radius 3 is 3.00 bits per heavy atom. The Labute approximate surface area is 112 Å². The van der Waals surface area contributed by atoms with Gasteiger partial charge in [0.1, 0.15) is 5.75 Å². The van der Waals surface area contributed by atoms with Crippen LogP contribution in [0.5, 0.6) is 5.75 Å². The van der Waals surface area contributed by atoms with Crippen LogP contribution in [0.15, 0.2) is 36.4 Å². The standard InChI is InChI=1S/C15H17N3O/c1-10-3-2-4-13(17-10)15(18-16)12-5-6-14-11(9-12)7-8-19-14/h2-6,9,15,18H,7-8,16H2,1H3. The summed E-state index contributed by atoms with van der Waals surface area (Å²) in [5, 5.41) is 0. The predicted molar refractivity (Wildman–Crippen MR) is 73.8 cm³/mol. The first kappa shape index (κ1) is 12.1. The molecule has 1 aliphatic rings. The Kier molecular flexibility index (Phi) is 3.19. The van der Waals surface area contributed by atoms with Gasteiger partial charge in [0.15, 0.2) is 0 Å². The van der Waals surface area contributed by atoms with Crippen molar-refractivity contribution in [3.8, 4) is 5.75 Å². The molecule has 2 aromatic rings. The van der Waals surface area contributed by atoms with Gasteiger partial charge in [0.25, 0.3) is 0 Å². The molecule has 19 heavy (non-hydrogen) atoms. The Hall–Kier alpha value is -1.91. The van der Waals surface area contributed by atoms with Crippen LogP contribution in [0.25, 0.3) is 0 Å². The molecule has 3 N–H and O–H groups in total. The normalized spacial score (nSPS) is 14.8. The summed E-state index contributed by atoms with van der Waals surface area (Å²) < 4.78 is 5.52. The molecule has 98 valence electrons. The average molecular weight is 255 g/mol. The molecule has 0 fully saturated rings. The van der Waals surface area contributed by atoms with Crippen LogP contribution in [0.3, 0.4) is 0 Å². The first-order valence-corrected chi connectivity index (χ1v) is 6.43. The molecule has 0 aliphatic carbocycles. The van der Waals surface area contributed by atoms with Crippen molar-refractivity contribution in [1.29, 1.82) is 0 Å². The van der Waals surface area contributed by atoms with Gasteiger partial charge in [-0.15, -0.1) is 0 Å². The lowest BCUT2D eigenvalue weighted by atomic mass is 10.00. The first-order valence-electron chi connectivity index (χ1n) is 6.43. The zero-order valence-corrected chi connectivity index (χ0v) is 10.9. The number of fused-ring (bicyclic) bond motifs is 1. The lowest BCUT2D eigenvalue weighted by Gasteiger charge is -2.17. The summed E-state index contributed by atoms with van der Waals surface area (Å²) in [6, 6.07) is 12.1. The van der Waals surface area contributed by atoms with Crippen LogP contribution < -0.4 is 16.0 Å². The van der Waals surface area contributed by atoms with Gasteiger partial charge in [-0.3, -0.25) is 10.8 Å². The second-order valence-electron chi connectivity index (χ2n) is 4.77. The SMILES string of the molecule is Cc1cccc(C(NN)c2ccc3c(c2)CCO3)n1. The van der Waals surface area contributed by atoms with Gasteiger partial charge < -0.3 is 4.74 Å². The minimum atomic E-state index is -0.0919. The molecule has 0 spiro atoms. The fourth-order valence-corrected chi connectivity index (χ4v) is 2.46. The highest BCUT2D eigenvalue weighted by atomic mass is 16.5. The Morgan fingerprint density at radius 2 is 2.21 bits per heavy atom. The average Bonchev–Trinajstić information content (AvgIpc) is 2.87. The topological polar surface area (TPSA) is 60.2 Å². The number of hydrazine groups is 1. The summed E-state index contributed by atoms with van der Waals surface area (Å²) in [5.74, 6) is 6.69. The molecule has 1 aromatic heterocycles. The number of ether oxygens (including phenoxy) is 1. The van der Waals surface area contributed by atoms with Gasteiger partial charge in [0.2, 0.25) is 0 Å². The largest absolute Gasteiger partial charge is 0.493 e. The monoisotopic (exact) mass is 255 g/mol. The minimum Gasteiger partial charge on any atom is -0.493 e. The van der Waals surface area contributed by atoms with Crippen LogP contribution in [-0.4, -0.2) is 11.6 Å². The molecule has 0 amide bonds. The highest BCUT2D eigenvalue weighted by Crippen LogP contribution is 2.29. The van der Waals surface area contributed by atoms with E-state index in [4.69, 9.17) is 10.6 Å². The number of nitrogens with zero attached hydrogens (tertiary/aromatic N) is 1. The van der Waals surface area contributed by atoms with Gasteiger partial charge in [0.05, 0.1) is 18.3 Å². The minimum absolute atomic E-state index is 0.0919. The summed E-state index contributed by atoms with van der Waals surface area (Å²) >= 11 is 0. The molecule has 1 atom stereocenters. The van der Waals surface area contributed by atoms with Crippen LogP contribution in [0.2, 0.25) is 0 Å². The maximum Gasteiger partial charge on any atom is 0.122 e. The van der Waals surface area contributed by atoms with Crippen LogP contribution >= 0.6 is 0 Å². The van der Waals surface area contributed by atoms with Crippen molar-refractivity contribution < 1.29 is 4.74 Å². The molecule has 3 rings (SSSR count). The lowest BCUT2D eigenvalue weighted by Crippen LogP contribution is -2.29. The number of aryl methyl sites for hydroxylation is 1. The van der Waals surface area contributed by atoms with Crippen LogP contribution in [-0.2, 0) is 6.42 Å². The fourth-order valence-electron chi connectivity index (χ4n) is 2.46. The zero-order valence-electron chi connectivity index (χ0n) is 10.9. The Balaban J connectivity index is 1.98. The van der Waals surface area contributed by atoms with E-state index in [1.807, 2.05) is 37.3 Å². The third-order valence-corrected chi connectivity index (χ3v) is 3.42. The molecule has 0 bridgehead atoms. The van der Waals surface area contributed by atoms with Crippen LogP contribution in [0, 0.1) is 6.92 Å². The molecule has 1 aromatic carbocycles. The van der Waals surface area contributed by atoms with Crippen molar-refractivity contribution in [2.24, 2.45) is 5.84 Å². The Morgan fingerprint density at radius 1 is 1.32 bits per heavy atom. The molecule has 1 unspecified atom stereocenters. The smallest absolute Gasteiger partial charge is 0.122 e. The second-order valence-corrected chi connectivity index (χ2v) is 4.77. The molecule has 4 heteroatoms. The number of pyridine rings is 1. The number of hydrogen-bond acceptors (Lipinski definition) is 4. The van der Waals surface area contributed by atoms with E-state index in [1.165, 1.54) is 5.56 Å². The van der Waals surface area contributed by atoms with E-state index in [-0.39, 0.29) is 6.04 Å². The van der Waals surface area contributed by atoms with E-state index < -0.39 is 0 Å². The number of hydrogen-bond donors (Lipinski definition) is 2. The van der Waals surface area contributed by atoms with Gasteiger partial charge in [-0.05, 0) is 42.3 Å². The van der Waals surface area contributed by atoms with Crippen molar-refractivity contribution in [2.75, 3.05) is 6.61 Å².